The molecule has 12 heteroatoms. The van der Waals surface area contributed by atoms with Crippen LogP contribution in [0.1, 0.15) is 0 Å². The molecule has 0 aromatic carbocycles. The van der Waals surface area contributed by atoms with Gasteiger partial charge in [-0.05, 0) is 36.4 Å². The molecule has 0 bridgehead atoms. The van der Waals surface area contributed by atoms with Crippen LogP contribution in [0.5, 0.6) is 0 Å². The Kier molecular flexibility index (Phi) is 13.0. The summed E-state index contributed by atoms with van der Waals surface area (Å²) in [7, 11) is -0.779. The number of nitrogens with zero attached hydrogens (tertiary/aromatic N) is 6. The van der Waals surface area contributed by atoms with E-state index in [1.807, 2.05) is 128 Å². The van der Waals surface area contributed by atoms with Gasteiger partial charge in [-0.2, -0.15) is 0 Å². The maximum Gasteiger partial charge on any atom is 0.0753 e. The summed E-state index contributed by atoms with van der Waals surface area (Å²) < 4.78 is 0. The van der Waals surface area contributed by atoms with Crippen molar-refractivity contribution in [2.45, 2.75) is 0 Å². The first kappa shape index (κ1) is 34.2. The molecule has 6 rings (SSSR count). The molecule has 0 aliphatic rings. The molecule has 0 fully saturated rings. The summed E-state index contributed by atoms with van der Waals surface area (Å²) in [6, 6.07) is 34.4. The maximum atomic E-state index is 7.08. The zero-order valence-electron chi connectivity index (χ0n) is 21.8. The zero-order valence-corrected chi connectivity index (χ0v) is 28.2. The van der Waals surface area contributed by atoms with Crippen LogP contribution in [0.2, 0.25) is 0 Å². The van der Waals surface area contributed by atoms with Gasteiger partial charge in [-0.1, -0.05) is 18.2 Å². The zero-order chi connectivity index (χ0) is 27.7. The monoisotopic (exact) mass is 812 g/mol. The molecule has 0 aliphatic carbocycles. The Hall–Kier alpha value is -2.34. The number of hydrogen-bond donors (Lipinski definition) is 0. The van der Waals surface area contributed by atoms with Crippen molar-refractivity contribution in [3.63, 3.8) is 0 Å². The van der Waals surface area contributed by atoms with Gasteiger partial charge >= 0.3 is 132 Å². The molecule has 218 valence electrons. The fraction of sp³-hybridized carbons (Fsp3) is 0. The van der Waals surface area contributed by atoms with E-state index < -0.39 is 13.2 Å². The Bertz CT molecular complexity index is 1430. The van der Waals surface area contributed by atoms with Crippen LogP contribution in [0.3, 0.4) is 0 Å². The molecule has 6 heterocycles. The first-order valence-corrected chi connectivity index (χ1v) is 17.7. The van der Waals surface area contributed by atoms with Gasteiger partial charge in [-0.3, -0.25) is 15.0 Å². The third-order valence-electron chi connectivity index (χ3n) is 5.79. The van der Waals surface area contributed by atoms with Crippen molar-refractivity contribution in [2.24, 2.45) is 0 Å². The summed E-state index contributed by atoms with van der Waals surface area (Å²) in [5, 5.41) is -3.76. The Labute approximate surface area is 283 Å². The third kappa shape index (κ3) is 7.59. The molecule has 0 N–H and O–H groups in total. The van der Waals surface area contributed by atoms with E-state index in [2.05, 4.69) is 29.9 Å². The molecule has 6 aromatic rings. The second kappa shape index (κ2) is 15.9. The van der Waals surface area contributed by atoms with E-state index in [-0.39, 0.29) is 40.8 Å². The van der Waals surface area contributed by atoms with Crippen molar-refractivity contribution in [1.82, 2.24) is 29.9 Å². The third-order valence-corrected chi connectivity index (χ3v) is 14.3. The first-order chi connectivity index (χ1) is 19.6. The average Bonchev–Trinajstić information content (AvgIpc) is 3.04. The first-order valence-electron chi connectivity index (χ1n) is 12.3. The van der Waals surface area contributed by atoms with E-state index in [1.54, 1.807) is 18.6 Å². The number of rotatable bonds is 6. The predicted molar refractivity (Wildman–Crippen MR) is 169 cm³/mol. The van der Waals surface area contributed by atoms with E-state index in [0.29, 0.717) is 16.3 Å². The van der Waals surface area contributed by atoms with Crippen molar-refractivity contribution in [2.75, 3.05) is 0 Å². The van der Waals surface area contributed by atoms with Gasteiger partial charge in [0, 0.05) is 67.4 Å². The molecule has 6 aromatic heterocycles. The van der Waals surface area contributed by atoms with Crippen LogP contribution in [0.25, 0.3) is 0 Å². The van der Waals surface area contributed by atoms with Crippen molar-refractivity contribution in [1.29, 1.82) is 0 Å². The van der Waals surface area contributed by atoms with Gasteiger partial charge in [0.15, 0.2) is 0 Å². The minimum Gasteiger partial charge on any atom is -0.256 e. The Balaban J connectivity index is 0.000000221. The summed E-state index contributed by atoms with van der Waals surface area (Å²) in [5.41, 5.74) is 4.83. The molecule has 0 amide bonds. The van der Waals surface area contributed by atoms with Gasteiger partial charge in [-0.15, -0.1) is 0 Å². The Morgan fingerprint density at radius 3 is 0.857 bits per heavy atom. The number of pyridine rings is 6. The number of halogens is 2. The topological polar surface area (TPSA) is 77.3 Å². The molecule has 0 radical (unpaired) electrons. The van der Waals surface area contributed by atoms with Crippen molar-refractivity contribution < 1.29 is 40.8 Å². The van der Waals surface area contributed by atoms with E-state index in [1.165, 1.54) is 0 Å². The normalized spacial score (nSPS) is 11.5. The van der Waals surface area contributed by atoms with Crippen LogP contribution in [0.4, 0.5) is 0 Å². The molecular formula is C30H24Cl2N6P2Pd2. The Morgan fingerprint density at radius 1 is 0.381 bits per heavy atom. The second-order valence-corrected chi connectivity index (χ2v) is 18.2. The number of hydrogen-bond acceptors (Lipinski definition) is 6. The van der Waals surface area contributed by atoms with Crippen molar-refractivity contribution >= 4 is 68.3 Å². The molecular weight excluding hydrogens is 790 g/mol. The summed E-state index contributed by atoms with van der Waals surface area (Å²) in [4.78, 5) is 26.6. The molecule has 0 saturated heterocycles. The van der Waals surface area contributed by atoms with Gasteiger partial charge < -0.3 is 0 Å². The summed E-state index contributed by atoms with van der Waals surface area (Å²) >= 11 is 14.2. The minimum absolute atomic E-state index is 0. The van der Waals surface area contributed by atoms with Crippen LogP contribution in [-0.2, 0) is 40.8 Å². The van der Waals surface area contributed by atoms with Crippen LogP contribution < -0.4 is 32.6 Å². The summed E-state index contributed by atoms with van der Waals surface area (Å²) in [6.07, 6.45) is 10.5. The second-order valence-electron chi connectivity index (χ2n) is 8.37. The smallest absolute Gasteiger partial charge is 0.0753 e. The van der Waals surface area contributed by atoms with Gasteiger partial charge in [-0.25, -0.2) is 0 Å². The van der Waals surface area contributed by atoms with Crippen LogP contribution in [-0.4, -0.2) is 29.9 Å². The van der Waals surface area contributed by atoms with Gasteiger partial charge in [0.25, 0.3) is 0 Å². The standard InChI is InChI=1S/C15H12Cl2N3P.C15H12N3P.2Pd/c16-21(17,13-7-1-4-10-18-13,14-8-2-5-11-19-14)15-9-3-6-12-20-15;1-4-10-16-13(7-1)19(14-8-2-5-11-17-14)15-9-3-6-12-18-15;;/h1-12H;1-12H;;. The largest absolute Gasteiger partial charge is 0.256 e. The summed E-state index contributed by atoms with van der Waals surface area (Å²) in [5.74, 6) is 0. The van der Waals surface area contributed by atoms with Gasteiger partial charge in [0.1, 0.15) is 0 Å². The molecule has 42 heavy (non-hydrogen) atoms. The van der Waals surface area contributed by atoms with Crippen LogP contribution in [0.15, 0.2) is 146 Å². The fourth-order valence-corrected chi connectivity index (χ4v) is 10.2. The van der Waals surface area contributed by atoms with Gasteiger partial charge in [0.05, 0.1) is 16.3 Å². The predicted octanol–water partition coefficient (Wildman–Crippen LogP) is 4.63. The van der Waals surface area contributed by atoms with E-state index >= 15 is 0 Å². The Morgan fingerprint density at radius 2 is 0.643 bits per heavy atom. The van der Waals surface area contributed by atoms with E-state index in [4.69, 9.17) is 22.5 Å². The fourth-order valence-electron chi connectivity index (χ4n) is 3.92. The molecule has 0 saturated carbocycles. The summed E-state index contributed by atoms with van der Waals surface area (Å²) in [6.45, 7) is 0. The van der Waals surface area contributed by atoms with E-state index in [0.717, 1.165) is 16.3 Å². The minimum atomic E-state index is -3.76. The molecule has 0 spiro atoms. The molecule has 6 nitrogen and oxygen atoms in total. The average molecular weight is 814 g/mol. The molecule has 0 atom stereocenters. The van der Waals surface area contributed by atoms with Gasteiger partial charge in [0.2, 0.25) is 0 Å². The van der Waals surface area contributed by atoms with Crippen molar-refractivity contribution in [3.8, 4) is 0 Å². The molecule has 0 aliphatic heterocycles. The maximum absolute atomic E-state index is 7.08. The van der Waals surface area contributed by atoms with Crippen molar-refractivity contribution in [3.05, 3.63) is 146 Å². The number of aromatic nitrogens is 6. The molecule has 0 unspecified atom stereocenters. The van der Waals surface area contributed by atoms with Crippen LogP contribution >= 0.6 is 35.7 Å². The quantitative estimate of drug-likeness (QED) is 0.181. The van der Waals surface area contributed by atoms with Crippen LogP contribution in [0, 0.1) is 0 Å². The SMILES string of the molecule is ClP(Cl)(c1ccccn1)(c1ccccn1)c1ccccn1.[Pd].[Pd].c1ccc(P(c2ccccn2)c2ccccn2)nc1. The van der Waals surface area contributed by atoms with E-state index in [9.17, 15) is 0 Å².